The van der Waals surface area contributed by atoms with Gasteiger partial charge < -0.3 is 0 Å². The molecule has 0 atom stereocenters. The highest BCUT2D eigenvalue weighted by molar-refractivity contribution is 14.1. The monoisotopic (exact) mass is 240 g/mol. The number of allylic oxidation sites excluding steroid dienone is 4. The molecule has 2 heteroatoms. The topological polar surface area (TPSA) is 0 Å². The summed E-state index contributed by atoms with van der Waals surface area (Å²) in [4.78, 5) is 0. The van der Waals surface area contributed by atoms with Crippen LogP contribution in [0.25, 0.3) is 0 Å². The van der Waals surface area contributed by atoms with Gasteiger partial charge in [0.2, 0.25) is 0 Å². The molecule has 0 spiro atoms. The van der Waals surface area contributed by atoms with Crippen LogP contribution >= 0.6 is 34.2 Å². The molecule has 0 saturated heterocycles. The van der Waals surface area contributed by atoms with Crippen LogP contribution in [0.4, 0.5) is 0 Å². The summed E-state index contributed by atoms with van der Waals surface area (Å²) in [5.41, 5.74) is 0. The van der Waals surface area contributed by atoms with Crippen molar-refractivity contribution in [3.8, 4) is 0 Å². The molecule has 0 aliphatic carbocycles. The molecule has 0 radical (unpaired) electrons. The maximum absolute atomic E-state index is 5.40. The zero-order chi connectivity index (χ0) is 6.57. The van der Waals surface area contributed by atoms with Gasteiger partial charge in [-0.1, -0.05) is 24.8 Å². The standard InChI is InChI=1S/C6H6ClI/c1-5(7)3-4-6(2)8/h3-4H,1-2H2/b4-3-. The van der Waals surface area contributed by atoms with E-state index in [1.807, 2.05) is 0 Å². The van der Waals surface area contributed by atoms with Gasteiger partial charge >= 0.3 is 0 Å². The predicted octanol–water partition coefficient (Wildman–Crippen LogP) is 3.24. The van der Waals surface area contributed by atoms with Crippen LogP contribution < -0.4 is 0 Å². The van der Waals surface area contributed by atoms with E-state index < -0.39 is 0 Å². The Labute approximate surface area is 68.1 Å². The van der Waals surface area contributed by atoms with E-state index >= 15 is 0 Å². The third-order valence-electron chi connectivity index (χ3n) is 0.445. The fourth-order valence-corrected chi connectivity index (χ4v) is 0.424. The Morgan fingerprint density at radius 2 is 1.88 bits per heavy atom. The van der Waals surface area contributed by atoms with Crippen LogP contribution in [0.2, 0.25) is 0 Å². The van der Waals surface area contributed by atoms with E-state index in [9.17, 15) is 0 Å². The fourth-order valence-electron chi connectivity index (χ4n) is 0.181. The molecule has 0 aromatic heterocycles. The van der Waals surface area contributed by atoms with Crippen molar-refractivity contribution in [2.45, 2.75) is 0 Å². The second kappa shape index (κ2) is 4.15. The van der Waals surface area contributed by atoms with E-state index in [2.05, 4.69) is 35.7 Å². The average Bonchev–Trinajstić information content (AvgIpc) is 1.61. The van der Waals surface area contributed by atoms with Gasteiger partial charge in [0, 0.05) is 8.61 Å². The minimum absolute atomic E-state index is 0.530. The first kappa shape index (κ1) is 8.24. The van der Waals surface area contributed by atoms with Crippen LogP contribution in [0, 0.1) is 0 Å². The molecule has 0 nitrogen and oxygen atoms in total. The maximum Gasteiger partial charge on any atom is 0.0334 e. The van der Waals surface area contributed by atoms with Gasteiger partial charge in [-0.3, -0.25) is 0 Å². The lowest BCUT2D eigenvalue weighted by Gasteiger charge is -1.80. The smallest absolute Gasteiger partial charge is 0.0334 e. The summed E-state index contributed by atoms with van der Waals surface area (Å²) in [7, 11) is 0. The van der Waals surface area contributed by atoms with Crippen molar-refractivity contribution in [3.05, 3.63) is 33.9 Å². The minimum atomic E-state index is 0.530. The van der Waals surface area contributed by atoms with Crippen molar-refractivity contribution >= 4 is 34.2 Å². The quantitative estimate of drug-likeness (QED) is 0.513. The molecule has 0 aromatic rings. The Morgan fingerprint density at radius 1 is 1.38 bits per heavy atom. The summed E-state index contributed by atoms with van der Waals surface area (Å²) in [6.07, 6.45) is 3.51. The van der Waals surface area contributed by atoms with Gasteiger partial charge in [0.1, 0.15) is 0 Å². The Kier molecular flexibility index (Phi) is 4.28. The first-order valence-electron chi connectivity index (χ1n) is 2.00. The van der Waals surface area contributed by atoms with Gasteiger partial charge in [-0.15, -0.1) is 0 Å². The molecule has 0 saturated carbocycles. The van der Waals surface area contributed by atoms with Gasteiger partial charge in [-0.05, 0) is 34.7 Å². The van der Waals surface area contributed by atoms with Crippen LogP contribution in [0.15, 0.2) is 33.9 Å². The molecule has 8 heavy (non-hydrogen) atoms. The van der Waals surface area contributed by atoms with Crippen LogP contribution in [0.1, 0.15) is 0 Å². The second-order valence-corrected chi connectivity index (χ2v) is 3.10. The predicted molar refractivity (Wildman–Crippen MR) is 47.3 cm³/mol. The average molecular weight is 240 g/mol. The first-order valence-corrected chi connectivity index (χ1v) is 3.45. The van der Waals surface area contributed by atoms with Crippen molar-refractivity contribution in [1.29, 1.82) is 0 Å². The molecule has 0 aliphatic heterocycles. The summed E-state index contributed by atoms with van der Waals surface area (Å²) in [5.74, 6) is 0. The van der Waals surface area contributed by atoms with Gasteiger partial charge in [-0.2, -0.15) is 0 Å². The molecule has 0 amide bonds. The Hall–Kier alpha value is 0.240. The number of hydrogen-bond donors (Lipinski definition) is 0. The lowest BCUT2D eigenvalue weighted by Crippen LogP contribution is -1.56. The molecule has 0 bridgehead atoms. The van der Waals surface area contributed by atoms with Crippen LogP contribution in [-0.4, -0.2) is 0 Å². The van der Waals surface area contributed by atoms with Crippen molar-refractivity contribution in [3.63, 3.8) is 0 Å². The van der Waals surface area contributed by atoms with E-state index in [1.54, 1.807) is 12.2 Å². The van der Waals surface area contributed by atoms with Crippen LogP contribution in [0.5, 0.6) is 0 Å². The van der Waals surface area contributed by atoms with Gasteiger partial charge in [0.25, 0.3) is 0 Å². The third kappa shape index (κ3) is 6.24. The molecule has 0 aliphatic rings. The van der Waals surface area contributed by atoms with E-state index in [0.29, 0.717) is 5.03 Å². The lowest BCUT2D eigenvalue weighted by molar-refractivity contribution is 1.91. The summed E-state index contributed by atoms with van der Waals surface area (Å²) in [6, 6.07) is 0. The highest BCUT2D eigenvalue weighted by Gasteiger charge is 1.76. The maximum atomic E-state index is 5.40. The highest BCUT2D eigenvalue weighted by Crippen LogP contribution is 2.06. The summed E-state index contributed by atoms with van der Waals surface area (Å²) >= 11 is 7.49. The molecule has 0 heterocycles. The van der Waals surface area contributed by atoms with Gasteiger partial charge in [0.05, 0.1) is 0 Å². The Balaban J connectivity index is 3.67. The highest BCUT2D eigenvalue weighted by atomic mass is 127. The normalized spacial score (nSPS) is 9.75. The number of rotatable bonds is 2. The number of halogens is 2. The molecule has 0 N–H and O–H groups in total. The van der Waals surface area contributed by atoms with Crippen molar-refractivity contribution in [2.75, 3.05) is 0 Å². The summed E-state index contributed by atoms with van der Waals surface area (Å²) < 4.78 is 0.949. The van der Waals surface area contributed by atoms with Gasteiger partial charge in [0.15, 0.2) is 0 Å². The minimum Gasteiger partial charge on any atom is -0.0856 e. The molecular weight excluding hydrogens is 234 g/mol. The molecule has 0 unspecified atom stereocenters. The van der Waals surface area contributed by atoms with Gasteiger partial charge in [-0.25, -0.2) is 0 Å². The van der Waals surface area contributed by atoms with E-state index in [1.165, 1.54) is 0 Å². The van der Waals surface area contributed by atoms with Crippen LogP contribution in [-0.2, 0) is 0 Å². The first-order chi connectivity index (χ1) is 3.63. The fraction of sp³-hybridized carbons (Fsp3) is 0. The number of hydrogen-bond acceptors (Lipinski definition) is 0. The Bertz CT molecular complexity index is 119. The molecule has 0 rings (SSSR count). The third-order valence-corrected chi connectivity index (χ3v) is 0.931. The van der Waals surface area contributed by atoms with E-state index in [-0.39, 0.29) is 0 Å². The SMILES string of the molecule is C=C(Cl)/C=C\C(=C)I. The second-order valence-electron chi connectivity index (χ2n) is 1.23. The zero-order valence-corrected chi connectivity index (χ0v) is 7.24. The largest absolute Gasteiger partial charge is 0.0856 e. The van der Waals surface area contributed by atoms with Crippen molar-refractivity contribution in [2.24, 2.45) is 0 Å². The summed E-state index contributed by atoms with van der Waals surface area (Å²) in [5, 5.41) is 0.530. The molecule has 0 fully saturated rings. The molecule has 44 valence electrons. The van der Waals surface area contributed by atoms with E-state index in [4.69, 9.17) is 11.6 Å². The van der Waals surface area contributed by atoms with E-state index in [0.717, 1.165) is 3.58 Å². The zero-order valence-electron chi connectivity index (χ0n) is 4.32. The summed E-state index contributed by atoms with van der Waals surface area (Å²) in [6.45, 7) is 7.09. The lowest BCUT2D eigenvalue weighted by atomic mass is 10.5. The Morgan fingerprint density at radius 3 is 2.00 bits per heavy atom. The van der Waals surface area contributed by atoms with Crippen LogP contribution in [0.3, 0.4) is 0 Å². The van der Waals surface area contributed by atoms with Crippen molar-refractivity contribution in [1.82, 2.24) is 0 Å². The molecular formula is C6H6ClI. The molecule has 0 aromatic carbocycles. The van der Waals surface area contributed by atoms with Crippen molar-refractivity contribution < 1.29 is 0 Å².